The molecule has 1 heterocycles. The number of sulfonamides is 1. The SMILES string of the molecule is COCSC1=NS(=O)(=O)c2cc(Cl)ccc2N1. The molecule has 2 rings (SSSR count). The smallest absolute Gasteiger partial charge is 0.286 e. The van der Waals surface area contributed by atoms with Crippen LogP contribution < -0.4 is 5.32 Å². The maximum absolute atomic E-state index is 11.9. The third kappa shape index (κ3) is 2.74. The van der Waals surface area contributed by atoms with E-state index in [1.807, 2.05) is 0 Å². The molecule has 0 atom stereocenters. The first kappa shape index (κ1) is 12.7. The van der Waals surface area contributed by atoms with E-state index in [-0.39, 0.29) is 4.90 Å². The van der Waals surface area contributed by atoms with Gasteiger partial charge in [0.25, 0.3) is 10.0 Å². The largest absolute Gasteiger partial charge is 0.374 e. The van der Waals surface area contributed by atoms with Gasteiger partial charge in [-0.3, -0.25) is 0 Å². The predicted octanol–water partition coefficient (Wildman–Crippen LogP) is 2.15. The normalized spacial score (nSPS) is 16.9. The number of benzene rings is 1. The number of methoxy groups -OCH3 is 1. The van der Waals surface area contributed by atoms with Gasteiger partial charge in [-0.1, -0.05) is 23.4 Å². The van der Waals surface area contributed by atoms with Crippen molar-refractivity contribution in [1.29, 1.82) is 0 Å². The van der Waals surface area contributed by atoms with Gasteiger partial charge in [0, 0.05) is 12.1 Å². The lowest BCUT2D eigenvalue weighted by molar-refractivity contribution is 0.259. The minimum Gasteiger partial charge on any atom is -0.374 e. The van der Waals surface area contributed by atoms with E-state index in [2.05, 4.69) is 9.71 Å². The average Bonchev–Trinajstić information content (AvgIpc) is 2.27. The molecule has 1 aromatic carbocycles. The van der Waals surface area contributed by atoms with Crippen LogP contribution in [0.5, 0.6) is 0 Å². The molecule has 1 aliphatic heterocycles. The van der Waals surface area contributed by atoms with Gasteiger partial charge in [0.05, 0.1) is 11.6 Å². The van der Waals surface area contributed by atoms with E-state index in [4.69, 9.17) is 16.3 Å². The van der Waals surface area contributed by atoms with Crippen LogP contribution in [0.25, 0.3) is 0 Å². The molecular weight excluding hydrogens is 284 g/mol. The number of nitrogens with one attached hydrogen (secondary N) is 1. The lowest BCUT2D eigenvalue weighted by atomic mass is 10.3. The Balaban J connectivity index is 2.40. The van der Waals surface area contributed by atoms with Crippen molar-refractivity contribution in [3.8, 4) is 0 Å². The Hall–Kier alpha value is -0.760. The fraction of sp³-hybridized carbons (Fsp3) is 0.222. The van der Waals surface area contributed by atoms with E-state index in [1.165, 1.54) is 24.9 Å². The van der Waals surface area contributed by atoms with Crippen molar-refractivity contribution in [2.24, 2.45) is 4.40 Å². The maximum Gasteiger partial charge on any atom is 0.286 e. The van der Waals surface area contributed by atoms with Crippen molar-refractivity contribution >= 4 is 44.2 Å². The third-order valence-electron chi connectivity index (χ3n) is 1.98. The summed E-state index contributed by atoms with van der Waals surface area (Å²) in [6.45, 7) is 0. The van der Waals surface area contributed by atoms with Crippen molar-refractivity contribution in [2.75, 3.05) is 18.4 Å². The average molecular weight is 293 g/mol. The first-order valence-electron chi connectivity index (χ1n) is 4.56. The number of halogens is 1. The molecule has 5 nitrogen and oxygen atoms in total. The molecule has 92 valence electrons. The van der Waals surface area contributed by atoms with Gasteiger partial charge in [0.1, 0.15) is 4.90 Å². The molecule has 0 radical (unpaired) electrons. The minimum absolute atomic E-state index is 0.0896. The van der Waals surface area contributed by atoms with Crippen molar-refractivity contribution in [1.82, 2.24) is 0 Å². The summed E-state index contributed by atoms with van der Waals surface area (Å²) in [5, 5.41) is 3.56. The predicted molar refractivity (Wildman–Crippen MR) is 69.2 cm³/mol. The van der Waals surface area contributed by atoms with Gasteiger partial charge < -0.3 is 10.1 Å². The van der Waals surface area contributed by atoms with Crippen molar-refractivity contribution in [3.05, 3.63) is 23.2 Å². The van der Waals surface area contributed by atoms with E-state index in [0.717, 1.165) is 0 Å². The van der Waals surface area contributed by atoms with Crippen LogP contribution in [0, 0.1) is 0 Å². The zero-order chi connectivity index (χ0) is 12.5. The molecular formula is C9H9ClN2O3S2. The molecule has 1 N–H and O–H groups in total. The third-order valence-corrected chi connectivity index (χ3v) is 4.47. The van der Waals surface area contributed by atoms with Crippen LogP contribution in [-0.2, 0) is 14.8 Å². The molecule has 0 aromatic heterocycles. The van der Waals surface area contributed by atoms with E-state index >= 15 is 0 Å². The number of anilines is 1. The summed E-state index contributed by atoms with van der Waals surface area (Å²) >= 11 is 6.93. The Labute approximate surface area is 108 Å². The highest BCUT2D eigenvalue weighted by Gasteiger charge is 2.25. The molecule has 1 aliphatic rings. The first-order chi connectivity index (χ1) is 8.03. The second-order valence-electron chi connectivity index (χ2n) is 3.19. The van der Waals surface area contributed by atoms with Gasteiger partial charge in [0.2, 0.25) is 0 Å². The second kappa shape index (κ2) is 4.85. The van der Waals surface area contributed by atoms with E-state index in [0.29, 0.717) is 21.8 Å². The van der Waals surface area contributed by atoms with E-state index < -0.39 is 10.0 Å². The Morgan fingerprint density at radius 2 is 2.29 bits per heavy atom. The van der Waals surface area contributed by atoms with Crippen LogP contribution in [0.1, 0.15) is 0 Å². The van der Waals surface area contributed by atoms with Crippen LogP contribution in [0.15, 0.2) is 27.5 Å². The second-order valence-corrected chi connectivity index (χ2v) is 6.11. The Bertz CT molecular complexity index is 572. The quantitative estimate of drug-likeness (QED) is 0.846. The number of fused-ring (bicyclic) bond motifs is 1. The van der Waals surface area contributed by atoms with Crippen molar-refractivity contribution in [2.45, 2.75) is 4.90 Å². The summed E-state index contributed by atoms with van der Waals surface area (Å²) in [5.41, 5.74) is 0.475. The highest BCUT2D eigenvalue weighted by Crippen LogP contribution is 2.31. The van der Waals surface area contributed by atoms with Crippen molar-refractivity contribution < 1.29 is 13.2 Å². The molecule has 0 bridgehead atoms. The number of nitrogens with zero attached hydrogens (tertiary/aromatic N) is 1. The zero-order valence-corrected chi connectivity index (χ0v) is 11.2. The van der Waals surface area contributed by atoms with Crippen LogP contribution in [0.4, 0.5) is 5.69 Å². The van der Waals surface area contributed by atoms with Gasteiger partial charge in [-0.25, -0.2) is 0 Å². The van der Waals surface area contributed by atoms with Gasteiger partial charge in [-0.05, 0) is 18.2 Å². The lowest BCUT2D eigenvalue weighted by Gasteiger charge is -2.17. The van der Waals surface area contributed by atoms with Crippen molar-refractivity contribution in [3.63, 3.8) is 0 Å². The van der Waals surface area contributed by atoms with Gasteiger partial charge in [-0.2, -0.15) is 8.42 Å². The monoisotopic (exact) mass is 292 g/mol. The molecule has 0 spiro atoms. The summed E-state index contributed by atoms with van der Waals surface area (Å²) in [5.74, 6) is 0.324. The fourth-order valence-electron chi connectivity index (χ4n) is 1.29. The maximum atomic E-state index is 11.9. The highest BCUT2D eigenvalue weighted by molar-refractivity contribution is 8.14. The van der Waals surface area contributed by atoms with Crippen LogP contribution >= 0.6 is 23.4 Å². The molecule has 0 aliphatic carbocycles. The summed E-state index contributed by atoms with van der Waals surface area (Å²) in [4.78, 5) is 0.0896. The van der Waals surface area contributed by atoms with Gasteiger partial charge in [0.15, 0.2) is 5.17 Å². The number of hydrogen-bond donors (Lipinski definition) is 1. The van der Waals surface area contributed by atoms with Crippen LogP contribution in [-0.4, -0.2) is 26.6 Å². The van der Waals surface area contributed by atoms with E-state index in [1.54, 1.807) is 12.1 Å². The topological polar surface area (TPSA) is 67.8 Å². The Morgan fingerprint density at radius 3 is 3.00 bits per heavy atom. The molecule has 17 heavy (non-hydrogen) atoms. The number of ether oxygens (including phenoxy) is 1. The lowest BCUT2D eigenvalue weighted by Crippen LogP contribution is -2.19. The number of hydrogen-bond acceptors (Lipinski definition) is 5. The highest BCUT2D eigenvalue weighted by atomic mass is 35.5. The summed E-state index contributed by atoms with van der Waals surface area (Å²) in [6.07, 6.45) is 0. The van der Waals surface area contributed by atoms with E-state index in [9.17, 15) is 8.42 Å². The summed E-state index contributed by atoms with van der Waals surface area (Å²) < 4.78 is 32.2. The first-order valence-corrected chi connectivity index (χ1v) is 7.36. The summed E-state index contributed by atoms with van der Waals surface area (Å²) in [7, 11) is -2.15. The van der Waals surface area contributed by atoms with Gasteiger partial charge in [-0.15, -0.1) is 4.40 Å². The number of amidine groups is 1. The molecule has 0 amide bonds. The zero-order valence-electron chi connectivity index (χ0n) is 8.81. The van der Waals surface area contributed by atoms with Crippen LogP contribution in [0.2, 0.25) is 5.02 Å². The molecule has 0 unspecified atom stereocenters. The number of rotatable bonds is 2. The molecule has 0 saturated carbocycles. The van der Waals surface area contributed by atoms with Crippen LogP contribution in [0.3, 0.4) is 0 Å². The standard InChI is InChI=1S/C9H9ClN2O3S2/c1-15-5-16-9-11-7-3-2-6(10)4-8(7)17(13,14)12-9/h2-4H,5H2,1H3,(H,11,12). The molecule has 0 saturated heterocycles. The Morgan fingerprint density at radius 1 is 1.53 bits per heavy atom. The molecule has 8 heteroatoms. The molecule has 0 fully saturated rings. The molecule has 1 aromatic rings. The number of thioether (sulfide) groups is 1. The van der Waals surface area contributed by atoms with Gasteiger partial charge >= 0.3 is 0 Å². The Kier molecular flexibility index (Phi) is 3.62. The minimum atomic E-state index is -3.68. The summed E-state index contributed by atoms with van der Waals surface area (Å²) in [6, 6.07) is 4.60. The fourth-order valence-corrected chi connectivity index (χ4v) is 3.48.